The van der Waals surface area contributed by atoms with Gasteiger partial charge in [-0.05, 0) is 42.6 Å². The van der Waals surface area contributed by atoms with Crippen LogP contribution in [-0.2, 0) is 30.1 Å². The quantitative estimate of drug-likeness (QED) is 0.127. The topological polar surface area (TPSA) is 226 Å². The first kappa shape index (κ1) is 29.2. The van der Waals surface area contributed by atoms with E-state index in [0.717, 1.165) is 24.5 Å². The van der Waals surface area contributed by atoms with Crippen LogP contribution >= 0.6 is 11.6 Å². The first-order valence-corrected chi connectivity index (χ1v) is 15.9. The molecule has 0 bridgehead atoms. The number of rotatable bonds is 7. The number of aryl methyl sites for hydroxylation is 1. The summed E-state index contributed by atoms with van der Waals surface area (Å²) in [7, 11) is -13.9. The van der Waals surface area contributed by atoms with Crippen molar-refractivity contribution >= 4 is 75.3 Å². The number of phenols is 1. The van der Waals surface area contributed by atoms with Gasteiger partial charge in [-0.15, -0.1) is 5.11 Å². The minimum atomic E-state index is -5.06. The van der Waals surface area contributed by atoms with Gasteiger partial charge in [-0.2, -0.15) is 26.9 Å². The lowest BCUT2D eigenvalue weighted by Crippen LogP contribution is -2.09. The molecular formula is C22H18ClN5O9S3. The smallest absolute Gasteiger partial charge is 0.296 e. The Morgan fingerprint density at radius 3 is 2.12 bits per heavy atom. The molecule has 0 aliphatic heterocycles. The van der Waals surface area contributed by atoms with E-state index in [4.69, 9.17) is 11.6 Å². The maximum atomic E-state index is 12.2. The maximum absolute atomic E-state index is 12.2. The highest BCUT2D eigenvalue weighted by atomic mass is 35.5. The fourth-order valence-corrected chi connectivity index (χ4v) is 5.40. The zero-order valence-electron chi connectivity index (χ0n) is 20.3. The highest BCUT2D eigenvalue weighted by molar-refractivity contribution is 7.90. The van der Waals surface area contributed by atoms with Crippen LogP contribution in [0.2, 0.25) is 5.02 Å². The molecule has 4 N–H and O–H groups in total. The van der Waals surface area contributed by atoms with Gasteiger partial charge in [-0.25, -0.2) is 13.4 Å². The molecule has 0 atom stereocenters. The molecule has 0 aliphatic carbocycles. The molecular weight excluding hydrogens is 610 g/mol. The van der Waals surface area contributed by atoms with E-state index in [1.54, 1.807) is 18.2 Å². The van der Waals surface area contributed by atoms with Crippen LogP contribution in [-0.4, -0.2) is 55.7 Å². The van der Waals surface area contributed by atoms with Crippen molar-refractivity contribution in [3.63, 3.8) is 0 Å². The second kappa shape index (κ2) is 10.3. The third kappa shape index (κ3) is 6.03. The van der Waals surface area contributed by atoms with E-state index in [1.165, 1.54) is 19.1 Å². The average molecular weight is 628 g/mol. The number of phenolic OH excluding ortho intramolecular Hbond substituents is 1. The first-order valence-electron chi connectivity index (χ1n) is 10.7. The van der Waals surface area contributed by atoms with Gasteiger partial charge in [0.25, 0.3) is 20.2 Å². The molecule has 14 nitrogen and oxygen atoms in total. The number of aromatic nitrogens is 2. The molecule has 0 aliphatic rings. The molecule has 3 aromatic carbocycles. The number of benzene rings is 3. The van der Waals surface area contributed by atoms with E-state index in [1.807, 2.05) is 0 Å². The number of nitrogens with zero attached hydrogens (tertiary/aromatic N) is 4. The van der Waals surface area contributed by atoms with Crippen LogP contribution in [0.25, 0.3) is 10.8 Å². The molecule has 18 heteroatoms. The summed E-state index contributed by atoms with van der Waals surface area (Å²) in [4.78, 5) is 6.00. The second-order valence-corrected chi connectivity index (χ2v) is 13.4. The van der Waals surface area contributed by atoms with Gasteiger partial charge in [0, 0.05) is 11.6 Å². The molecule has 0 radical (unpaired) electrons. The molecule has 0 amide bonds. The fourth-order valence-electron chi connectivity index (χ4n) is 3.51. The van der Waals surface area contributed by atoms with Gasteiger partial charge < -0.3 is 10.4 Å². The van der Waals surface area contributed by atoms with Crippen LogP contribution < -0.4 is 5.32 Å². The second-order valence-electron chi connectivity index (χ2n) is 8.28. The number of sulfone groups is 1. The number of hydrogen-bond donors (Lipinski definition) is 4. The zero-order valence-corrected chi connectivity index (χ0v) is 23.5. The molecule has 0 fully saturated rings. The number of hydrogen-bond acceptors (Lipinski definition) is 12. The van der Waals surface area contributed by atoms with Gasteiger partial charge in [0.05, 0.1) is 22.0 Å². The van der Waals surface area contributed by atoms with Crippen LogP contribution in [0.4, 0.5) is 22.9 Å². The molecule has 0 saturated heterocycles. The highest BCUT2D eigenvalue weighted by Gasteiger charge is 2.26. The summed E-state index contributed by atoms with van der Waals surface area (Å²) in [5.41, 5.74) is -0.728. The van der Waals surface area contributed by atoms with Crippen LogP contribution in [0.5, 0.6) is 5.75 Å². The van der Waals surface area contributed by atoms with Gasteiger partial charge >= 0.3 is 0 Å². The van der Waals surface area contributed by atoms with E-state index >= 15 is 0 Å². The number of nitrogens with one attached hydrogen (secondary N) is 1. The SMILES string of the molecule is Cc1nc(S(C)(=O)=O)nc(Nc2cc(S(=O)(=O)O)cc3cc(S(=O)(=O)O)c(N=Nc4ccccc4)c(O)c23)c1Cl. The molecule has 0 spiro atoms. The van der Waals surface area contributed by atoms with Crippen LogP contribution in [0.1, 0.15) is 5.69 Å². The largest absolute Gasteiger partial charge is 0.505 e. The van der Waals surface area contributed by atoms with Crippen molar-refractivity contribution in [2.75, 3.05) is 11.6 Å². The number of azo groups is 1. The summed E-state index contributed by atoms with van der Waals surface area (Å²) in [6, 6.07) is 10.5. The van der Waals surface area contributed by atoms with Gasteiger partial charge in [-0.3, -0.25) is 9.11 Å². The number of aromatic hydroxyl groups is 1. The molecule has 1 heterocycles. The number of halogens is 1. The summed E-state index contributed by atoms with van der Waals surface area (Å²) in [6.45, 7) is 1.38. The van der Waals surface area contributed by atoms with E-state index in [0.29, 0.717) is 0 Å². The molecule has 210 valence electrons. The monoisotopic (exact) mass is 627 g/mol. The Hall–Kier alpha value is -3.74. The van der Waals surface area contributed by atoms with Crippen molar-refractivity contribution in [3.05, 3.63) is 59.2 Å². The number of fused-ring (bicyclic) bond motifs is 1. The summed E-state index contributed by atoms with van der Waals surface area (Å²) in [5.74, 6) is -1.20. The summed E-state index contributed by atoms with van der Waals surface area (Å²) >= 11 is 6.26. The lowest BCUT2D eigenvalue weighted by molar-refractivity contribution is 0.472. The Morgan fingerprint density at radius 2 is 1.55 bits per heavy atom. The summed E-state index contributed by atoms with van der Waals surface area (Å²) < 4.78 is 92.1. The first-order chi connectivity index (χ1) is 18.5. The van der Waals surface area contributed by atoms with Crippen molar-refractivity contribution in [3.8, 4) is 5.75 Å². The predicted octanol–water partition coefficient (Wildman–Crippen LogP) is 4.35. The van der Waals surface area contributed by atoms with Gasteiger partial charge in [-0.1, -0.05) is 29.8 Å². The third-order valence-corrected chi connectivity index (χ3v) is 8.30. The molecule has 0 saturated carbocycles. The van der Waals surface area contributed by atoms with Crippen molar-refractivity contribution in [1.82, 2.24) is 9.97 Å². The van der Waals surface area contributed by atoms with Crippen LogP contribution in [0.3, 0.4) is 0 Å². The van der Waals surface area contributed by atoms with E-state index in [-0.39, 0.29) is 38.7 Å². The molecule has 4 rings (SSSR count). The van der Waals surface area contributed by atoms with Gasteiger partial charge in [0.1, 0.15) is 15.6 Å². The van der Waals surface area contributed by atoms with Crippen molar-refractivity contribution in [1.29, 1.82) is 0 Å². The van der Waals surface area contributed by atoms with Crippen molar-refractivity contribution < 1.29 is 39.5 Å². The van der Waals surface area contributed by atoms with E-state index in [9.17, 15) is 39.5 Å². The molecule has 40 heavy (non-hydrogen) atoms. The van der Waals surface area contributed by atoms with E-state index < -0.39 is 56.5 Å². The standard InChI is InChI=1S/C22H18ClN5O9S3/c1-11-18(23)21(26-22(24-11)38(2,30)31)25-15-10-14(39(32,33)34)8-12-9-16(40(35,36)37)19(20(29)17(12)15)28-27-13-6-4-3-5-7-13/h3-10,29H,1-2H3,(H,24,25,26)(H,32,33,34)(H,35,36,37). The van der Waals surface area contributed by atoms with Crippen LogP contribution in [0.15, 0.2) is 73.7 Å². The lowest BCUT2D eigenvalue weighted by atomic mass is 10.1. The Bertz CT molecular complexity index is 2040. The summed E-state index contributed by atoms with van der Waals surface area (Å²) in [6.07, 6.45) is 0.848. The fraction of sp³-hybridized carbons (Fsp3) is 0.0909. The number of anilines is 2. The van der Waals surface area contributed by atoms with E-state index in [2.05, 4.69) is 25.5 Å². The van der Waals surface area contributed by atoms with Crippen LogP contribution in [0, 0.1) is 6.92 Å². The minimum absolute atomic E-state index is 0.0325. The minimum Gasteiger partial charge on any atom is -0.505 e. The van der Waals surface area contributed by atoms with Crippen molar-refractivity contribution in [2.45, 2.75) is 21.9 Å². The molecule has 4 aromatic rings. The van der Waals surface area contributed by atoms with Gasteiger partial charge in [0.15, 0.2) is 11.6 Å². The highest BCUT2D eigenvalue weighted by Crippen LogP contribution is 2.46. The summed E-state index contributed by atoms with van der Waals surface area (Å²) in [5, 5.41) is 20.1. The Morgan fingerprint density at radius 1 is 0.900 bits per heavy atom. The zero-order chi connectivity index (χ0) is 29.6. The van der Waals surface area contributed by atoms with Gasteiger partial charge in [0.2, 0.25) is 15.0 Å². The average Bonchev–Trinajstić information content (AvgIpc) is 2.84. The molecule has 1 aromatic heterocycles. The maximum Gasteiger partial charge on any atom is 0.296 e. The Labute approximate surface area is 232 Å². The predicted molar refractivity (Wildman–Crippen MR) is 144 cm³/mol. The lowest BCUT2D eigenvalue weighted by Gasteiger charge is -2.16. The van der Waals surface area contributed by atoms with Crippen molar-refractivity contribution in [2.24, 2.45) is 10.2 Å². The molecule has 0 unspecified atom stereocenters. The third-order valence-electron chi connectivity index (χ3n) is 5.30. The Kier molecular flexibility index (Phi) is 7.56. The Balaban J connectivity index is 2.08. The normalized spacial score (nSPS) is 12.7.